The fourth-order valence-corrected chi connectivity index (χ4v) is 3.77. The Morgan fingerprint density at radius 3 is 2.52 bits per heavy atom. The topological polar surface area (TPSA) is 72.6 Å². The van der Waals surface area contributed by atoms with Crippen molar-refractivity contribution < 1.29 is 23.1 Å². The Hall–Kier alpha value is -3.78. The largest absolute Gasteiger partial charge is 0.453 e. The molecule has 0 radical (unpaired) electrons. The van der Waals surface area contributed by atoms with Crippen LogP contribution in [0.25, 0.3) is 11.3 Å². The second-order valence-corrected chi connectivity index (χ2v) is 7.39. The molecule has 0 fully saturated rings. The fourth-order valence-electron chi connectivity index (χ4n) is 2.90. The molecule has 0 atom stereocenters. The van der Waals surface area contributed by atoms with Crippen molar-refractivity contribution in [1.82, 2.24) is 4.98 Å². The van der Waals surface area contributed by atoms with E-state index in [0.717, 1.165) is 0 Å². The Labute approximate surface area is 181 Å². The summed E-state index contributed by atoms with van der Waals surface area (Å²) in [6, 6.07) is 18.1. The van der Waals surface area contributed by atoms with Crippen LogP contribution in [0.15, 0.2) is 76.5 Å². The molecule has 2 aromatic heterocycles. The molecule has 6 nitrogen and oxygen atoms in total. The lowest BCUT2D eigenvalue weighted by molar-refractivity contribution is -0.115. The molecule has 4 rings (SSSR count). The van der Waals surface area contributed by atoms with Gasteiger partial charge in [-0.15, -0.1) is 11.3 Å². The first-order valence-corrected chi connectivity index (χ1v) is 10.2. The number of rotatable bonds is 6. The maximum Gasteiger partial charge on any atom is 0.374 e. The number of aromatic nitrogens is 1. The van der Waals surface area contributed by atoms with Gasteiger partial charge in [-0.2, -0.15) is 0 Å². The summed E-state index contributed by atoms with van der Waals surface area (Å²) < 4.78 is 23.9. The summed E-state index contributed by atoms with van der Waals surface area (Å²) in [5.74, 6) is -0.706. The average Bonchev–Trinajstić information content (AvgIpc) is 3.44. The van der Waals surface area contributed by atoms with Crippen molar-refractivity contribution >= 4 is 34.0 Å². The predicted octanol–water partition coefficient (Wildman–Crippen LogP) is 5.58. The number of hydrogen-bond donors (Lipinski definition) is 0. The van der Waals surface area contributed by atoms with Crippen molar-refractivity contribution in [2.75, 3.05) is 4.90 Å². The van der Waals surface area contributed by atoms with Gasteiger partial charge < -0.3 is 9.15 Å². The van der Waals surface area contributed by atoms with Gasteiger partial charge in [-0.05, 0) is 48.5 Å². The molecule has 0 aliphatic rings. The van der Waals surface area contributed by atoms with Crippen molar-refractivity contribution in [3.63, 3.8) is 0 Å². The van der Waals surface area contributed by atoms with Gasteiger partial charge in [-0.25, -0.2) is 14.2 Å². The highest BCUT2D eigenvalue weighted by Gasteiger charge is 2.19. The van der Waals surface area contributed by atoms with E-state index in [0.29, 0.717) is 27.8 Å². The zero-order valence-corrected chi connectivity index (χ0v) is 17.3. The second kappa shape index (κ2) is 8.93. The van der Waals surface area contributed by atoms with Crippen LogP contribution in [0.3, 0.4) is 0 Å². The first-order valence-electron chi connectivity index (χ1n) is 9.34. The smallest absolute Gasteiger partial charge is 0.374 e. The summed E-state index contributed by atoms with van der Waals surface area (Å²) in [6.07, 6.45) is 0. The van der Waals surface area contributed by atoms with Crippen LogP contribution in [0.5, 0.6) is 0 Å². The SMILES string of the molecule is CC(=O)N(c1ccccc1)c1nc(COC(=O)c2ccc(-c3ccc(F)cc3)o2)cs1. The molecule has 0 bridgehead atoms. The number of carbonyl (C=O) groups excluding carboxylic acids is 2. The molecule has 4 aromatic rings. The summed E-state index contributed by atoms with van der Waals surface area (Å²) in [5.41, 5.74) is 1.87. The maximum absolute atomic E-state index is 13.1. The average molecular weight is 436 g/mol. The molecule has 0 saturated carbocycles. The van der Waals surface area contributed by atoms with E-state index in [4.69, 9.17) is 9.15 Å². The lowest BCUT2D eigenvalue weighted by atomic mass is 10.2. The van der Waals surface area contributed by atoms with Crippen molar-refractivity contribution in [3.8, 4) is 11.3 Å². The first-order chi connectivity index (χ1) is 15.0. The highest BCUT2D eigenvalue weighted by molar-refractivity contribution is 7.14. The molecule has 1 amide bonds. The van der Waals surface area contributed by atoms with E-state index in [2.05, 4.69) is 4.98 Å². The number of nitrogens with zero attached hydrogens (tertiary/aromatic N) is 2. The van der Waals surface area contributed by atoms with E-state index < -0.39 is 5.97 Å². The standard InChI is InChI=1S/C23H17FN2O4S/c1-15(27)26(19-5-3-2-4-6-19)23-25-18(14-31-23)13-29-22(28)21-12-11-20(30-21)16-7-9-17(24)10-8-16/h2-12,14H,13H2,1H3. The van der Waals surface area contributed by atoms with Crippen LogP contribution in [0.2, 0.25) is 0 Å². The first kappa shape index (κ1) is 20.5. The lowest BCUT2D eigenvalue weighted by Gasteiger charge is -2.17. The molecular formula is C23H17FN2O4S. The highest BCUT2D eigenvalue weighted by Crippen LogP contribution is 2.29. The Morgan fingerprint density at radius 2 is 1.81 bits per heavy atom. The molecule has 156 valence electrons. The summed E-state index contributed by atoms with van der Waals surface area (Å²) in [6.45, 7) is 1.40. The number of para-hydroxylation sites is 1. The Morgan fingerprint density at radius 1 is 1.06 bits per heavy atom. The number of thiazole rings is 1. The van der Waals surface area contributed by atoms with Gasteiger partial charge >= 0.3 is 5.97 Å². The van der Waals surface area contributed by atoms with Gasteiger partial charge in [0.05, 0.1) is 11.4 Å². The highest BCUT2D eigenvalue weighted by atomic mass is 32.1. The van der Waals surface area contributed by atoms with Gasteiger partial charge in [-0.3, -0.25) is 9.69 Å². The quantitative estimate of drug-likeness (QED) is 0.369. The Bertz CT molecular complexity index is 1200. The van der Waals surface area contributed by atoms with Gasteiger partial charge in [0.2, 0.25) is 11.7 Å². The van der Waals surface area contributed by atoms with Gasteiger partial charge in [-0.1, -0.05) is 18.2 Å². The van der Waals surface area contributed by atoms with Crippen molar-refractivity contribution in [3.05, 3.63) is 89.4 Å². The summed E-state index contributed by atoms with van der Waals surface area (Å²) in [5, 5.41) is 2.22. The van der Waals surface area contributed by atoms with E-state index in [1.165, 1.54) is 41.4 Å². The molecule has 0 N–H and O–H groups in total. The van der Waals surface area contributed by atoms with Crippen LogP contribution < -0.4 is 4.90 Å². The number of esters is 1. The molecule has 2 aromatic carbocycles. The van der Waals surface area contributed by atoms with E-state index in [1.54, 1.807) is 23.6 Å². The zero-order chi connectivity index (χ0) is 21.8. The molecule has 31 heavy (non-hydrogen) atoms. The van der Waals surface area contributed by atoms with E-state index in [1.807, 2.05) is 30.3 Å². The van der Waals surface area contributed by atoms with E-state index in [-0.39, 0.29) is 24.1 Å². The minimum Gasteiger partial charge on any atom is -0.453 e. The monoisotopic (exact) mass is 436 g/mol. The summed E-state index contributed by atoms with van der Waals surface area (Å²) in [4.78, 5) is 30.4. The molecule has 0 aliphatic heterocycles. The third kappa shape index (κ3) is 4.70. The minimum absolute atomic E-state index is 0.0319. The van der Waals surface area contributed by atoms with Crippen LogP contribution in [-0.2, 0) is 16.1 Å². The third-order valence-electron chi connectivity index (χ3n) is 4.35. The summed E-state index contributed by atoms with van der Waals surface area (Å²) >= 11 is 1.28. The number of anilines is 2. The van der Waals surface area contributed by atoms with Crippen LogP contribution in [0.4, 0.5) is 15.2 Å². The Balaban J connectivity index is 1.42. The molecular weight excluding hydrogens is 419 g/mol. The number of halogens is 1. The van der Waals surface area contributed by atoms with Gasteiger partial charge in [0.15, 0.2) is 5.13 Å². The molecule has 2 heterocycles. The van der Waals surface area contributed by atoms with E-state index >= 15 is 0 Å². The van der Waals surface area contributed by atoms with Crippen LogP contribution in [0, 0.1) is 5.82 Å². The number of ether oxygens (including phenoxy) is 1. The van der Waals surface area contributed by atoms with Crippen molar-refractivity contribution in [1.29, 1.82) is 0 Å². The Kier molecular flexibility index (Phi) is 5.90. The number of furan rings is 1. The number of amides is 1. The fraction of sp³-hybridized carbons (Fsp3) is 0.0870. The van der Waals surface area contributed by atoms with Crippen LogP contribution >= 0.6 is 11.3 Å². The molecule has 0 unspecified atom stereocenters. The van der Waals surface area contributed by atoms with Crippen LogP contribution in [0.1, 0.15) is 23.2 Å². The maximum atomic E-state index is 13.1. The van der Waals surface area contributed by atoms with Gasteiger partial charge in [0.25, 0.3) is 0 Å². The van der Waals surface area contributed by atoms with Gasteiger partial charge in [0.1, 0.15) is 18.2 Å². The normalized spacial score (nSPS) is 10.6. The third-order valence-corrected chi connectivity index (χ3v) is 5.22. The number of benzene rings is 2. The number of hydrogen-bond acceptors (Lipinski definition) is 6. The zero-order valence-electron chi connectivity index (χ0n) is 16.4. The van der Waals surface area contributed by atoms with E-state index in [9.17, 15) is 14.0 Å². The molecule has 0 aliphatic carbocycles. The summed E-state index contributed by atoms with van der Waals surface area (Å²) in [7, 11) is 0. The van der Waals surface area contributed by atoms with Crippen LogP contribution in [-0.4, -0.2) is 16.9 Å². The molecule has 0 spiro atoms. The van der Waals surface area contributed by atoms with Gasteiger partial charge in [0, 0.05) is 17.9 Å². The molecule has 8 heteroatoms. The van der Waals surface area contributed by atoms with Crippen molar-refractivity contribution in [2.24, 2.45) is 0 Å². The predicted molar refractivity (Wildman–Crippen MR) is 115 cm³/mol. The second-order valence-electron chi connectivity index (χ2n) is 6.56. The number of carbonyl (C=O) groups is 2. The minimum atomic E-state index is -0.644. The lowest BCUT2D eigenvalue weighted by Crippen LogP contribution is -2.22. The molecule has 0 saturated heterocycles. The van der Waals surface area contributed by atoms with Crippen molar-refractivity contribution in [2.45, 2.75) is 13.5 Å².